The number of rotatable bonds is 7. The molecule has 0 bridgehead atoms. The third-order valence-corrected chi connectivity index (χ3v) is 3.33. The molecule has 0 aliphatic carbocycles. The molecule has 1 aromatic carbocycles. The van der Waals surface area contributed by atoms with Crippen molar-refractivity contribution in [1.82, 2.24) is 5.32 Å². The fraction of sp³-hybridized carbons (Fsp3) is 0.438. The molecule has 24 heavy (non-hydrogen) atoms. The highest BCUT2D eigenvalue weighted by Gasteiger charge is 2.23. The fourth-order valence-electron chi connectivity index (χ4n) is 1.93. The molecule has 1 atom stereocenters. The second kappa shape index (κ2) is 9.22. The van der Waals surface area contributed by atoms with Gasteiger partial charge in [-0.15, -0.1) is 0 Å². The molecule has 1 rings (SSSR count). The Balaban J connectivity index is 2.60. The van der Waals surface area contributed by atoms with E-state index in [4.69, 9.17) is 16.3 Å². The van der Waals surface area contributed by atoms with Crippen molar-refractivity contribution in [2.45, 2.75) is 26.3 Å². The van der Waals surface area contributed by atoms with Crippen LogP contribution in [-0.2, 0) is 19.1 Å². The van der Waals surface area contributed by atoms with Gasteiger partial charge in [0.25, 0.3) is 5.91 Å². The number of amides is 1. The summed E-state index contributed by atoms with van der Waals surface area (Å²) in [6, 6.07) is 2.36. The van der Waals surface area contributed by atoms with Crippen LogP contribution in [0.4, 0.5) is 4.39 Å². The second-order valence-electron chi connectivity index (χ2n) is 5.47. The molecule has 0 fully saturated rings. The lowest BCUT2D eigenvalue weighted by Gasteiger charge is -2.18. The average Bonchev–Trinajstić information content (AvgIpc) is 2.50. The third kappa shape index (κ3) is 6.16. The van der Waals surface area contributed by atoms with Gasteiger partial charge in [0.1, 0.15) is 11.9 Å². The van der Waals surface area contributed by atoms with E-state index < -0.39 is 36.3 Å². The summed E-state index contributed by atoms with van der Waals surface area (Å²) >= 11 is 5.74. The summed E-state index contributed by atoms with van der Waals surface area (Å²) in [6.07, 6.45) is 0.385. The highest BCUT2D eigenvalue weighted by molar-refractivity contribution is 6.33. The molecule has 1 aromatic rings. The lowest BCUT2D eigenvalue weighted by Crippen LogP contribution is -2.44. The van der Waals surface area contributed by atoms with E-state index in [1.54, 1.807) is 0 Å². The topological polar surface area (TPSA) is 81.7 Å². The Bertz CT molecular complexity index is 620. The number of benzene rings is 1. The van der Waals surface area contributed by atoms with Crippen molar-refractivity contribution < 1.29 is 28.2 Å². The zero-order valence-electron chi connectivity index (χ0n) is 13.6. The molecule has 0 aliphatic heterocycles. The Morgan fingerprint density at radius 2 is 1.96 bits per heavy atom. The molecule has 0 heterocycles. The number of hydrogen-bond acceptors (Lipinski definition) is 5. The largest absolute Gasteiger partial charge is 0.467 e. The molecular weight excluding hydrogens is 341 g/mol. The van der Waals surface area contributed by atoms with Crippen LogP contribution in [0.25, 0.3) is 0 Å². The Hall–Kier alpha value is -2.15. The lowest BCUT2D eigenvalue weighted by atomic mass is 10.0. The highest BCUT2D eigenvalue weighted by atomic mass is 35.5. The molecule has 6 nitrogen and oxygen atoms in total. The summed E-state index contributed by atoms with van der Waals surface area (Å²) < 4.78 is 22.4. The van der Waals surface area contributed by atoms with Crippen molar-refractivity contribution in [2.24, 2.45) is 5.92 Å². The Kier molecular flexibility index (Phi) is 7.64. The first-order valence-corrected chi connectivity index (χ1v) is 7.61. The maximum Gasteiger partial charge on any atom is 0.340 e. The average molecular weight is 360 g/mol. The number of carbonyl (C=O) groups excluding carboxylic acids is 3. The standard InChI is InChI=1S/C16H19ClFNO5/c1-9(2)6-13(16(22)23-3)19-14(20)8-24-15(21)11-5-4-10(18)7-12(11)17/h4-5,7,9,13H,6,8H2,1-3H3,(H,19,20). The minimum absolute atomic E-state index is 0.0578. The Labute approximate surface area is 144 Å². The van der Waals surface area contributed by atoms with Gasteiger partial charge in [0.15, 0.2) is 6.61 Å². The summed E-state index contributed by atoms with van der Waals surface area (Å²) in [6.45, 7) is 3.18. The number of halogens is 2. The number of esters is 2. The van der Waals surface area contributed by atoms with E-state index in [1.165, 1.54) is 7.11 Å². The minimum atomic E-state index is -0.867. The van der Waals surface area contributed by atoms with Crippen molar-refractivity contribution in [3.63, 3.8) is 0 Å². The van der Waals surface area contributed by atoms with Crippen molar-refractivity contribution in [3.05, 3.63) is 34.6 Å². The van der Waals surface area contributed by atoms with Gasteiger partial charge in [0.05, 0.1) is 17.7 Å². The first-order chi connectivity index (χ1) is 11.2. The fourth-order valence-corrected chi connectivity index (χ4v) is 2.17. The zero-order chi connectivity index (χ0) is 18.3. The molecule has 8 heteroatoms. The van der Waals surface area contributed by atoms with E-state index >= 15 is 0 Å². The van der Waals surface area contributed by atoms with Gasteiger partial charge >= 0.3 is 11.9 Å². The Morgan fingerprint density at radius 3 is 2.50 bits per heavy atom. The minimum Gasteiger partial charge on any atom is -0.467 e. The second-order valence-corrected chi connectivity index (χ2v) is 5.88. The molecule has 1 N–H and O–H groups in total. The van der Waals surface area contributed by atoms with Gasteiger partial charge in [0, 0.05) is 0 Å². The molecule has 132 valence electrons. The zero-order valence-corrected chi connectivity index (χ0v) is 14.4. The number of methoxy groups -OCH3 is 1. The van der Waals surface area contributed by atoms with E-state index in [1.807, 2.05) is 13.8 Å². The monoisotopic (exact) mass is 359 g/mol. The van der Waals surface area contributed by atoms with E-state index in [0.29, 0.717) is 6.42 Å². The van der Waals surface area contributed by atoms with Crippen LogP contribution in [-0.4, -0.2) is 37.6 Å². The molecular formula is C16H19ClFNO5. The number of carbonyl (C=O) groups is 3. The van der Waals surface area contributed by atoms with Gasteiger partial charge in [-0.1, -0.05) is 25.4 Å². The third-order valence-electron chi connectivity index (χ3n) is 3.01. The summed E-state index contributed by atoms with van der Waals surface area (Å²) in [5, 5.41) is 2.33. The number of nitrogens with one attached hydrogen (secondary N) is 1. The van der Waals surface area contributed by atoms with Crippen LogP contribution in [0.15, 0.2) is 18.2 Å². The Morgan fingerprint density at radius 1 is 1.29 bits per heavy atom. The van der Waals surface area contributed by atoms with E-state index in [-0.39, 0.29) is 16.5 Å². The van der Waals surface area contributed by atoms with Crippen molar-refractivity contribution in [3.8, 4) is 0 Å². The first kappa shape index (κ1) is 19.9. The first-order valence-electron chi connectivity index (χ1n) is 7.24. The van der Waals surface area contributed by atoms with Crippen LogP contribution >= 0.6 is 11.6 Å². The highest BCUT2D eigenvalue weighted by Crippen LogP contribution is 2.18. The van der Waals surface area contributed by atoms with Gasteiger partial charge in [-0.25, -0.2) is 14.0 Å². The van der Waals surface area contributed by atoms with Crippen LogP contribution < -0.4 is 5.32 Å². The van der Waals surface area contributed by atoms with Crippen LogP contribution in [0.5, 0.6) is 0 Å². The van der Waals surface area contributed by atoms with Crippen molar-refractivity contribution in [1.29, 1.82) is 0 Å². The number of hydrogen-bond donors (Lipinski definition) is 1. The lowest BCUT2D eigenvalue weighted by molar-refractivity contribution is -0.145. The molecule has 0 saturated carbocycles. The molecule has 1 unspecified atom stereocenters. The van der Waals surface area contributed by atoms with Crippen molar-refractivity contribution in [2.75, 3.05) is 13.7 Å². The quantitative estimate of drug-likeness (QED) is 0.756. The molecule has 0 spiro atoms. The van der Waals surface area contributed by atoms with Crippen LogP contribution in [0.2, 0.25) is 5.02 Å². The van der Waals surface area contributed by atoms with E-state index in [0.717, 1.165) is 18.2 Å². The summed E-state index contributed by atoms with van der Waals surface area (Å²) in [4.78, 5) is 35.3. The van der Waals surface area contributed by atoms with Gasteiger partial charge in [0.2, 0.25) is 0 Å². The summed E-state index contributed by atoms with van der Waals surface area (Å²) in [5.74, 6) is -2.55. The van der Waals surface area contributed by atoms with Crippen LogP contribution in [0, 0.1) is 11.7 Å². The smallest absolute Gasteiger partial charge is 0.340 e. The SMILES string of the molecule is COC(=O)C(CC(C)C)NC(=O)COC(=O)c1ccc(F)cc1Cl. The number of ether oxygens (including phenoxy) is 2. The summed E-state index contributed by atoms with van der Waals surface area (Å²) in [5.41, 5.74) is -0.0578. The van der Waals surface area contributed by atoms with E-state index in [2.05, 4.69) is 10.1 Å². The van der Waals surface area contributed by atoms with Gasteiger partial charge in [-0.05, 0) is 30.5 Å². The molecule has 0 aliphatic rings. The van der Waals surface area contributed by atoms with Gasteiger partial charge in [-0.2, -0.15) is 0 Å². The predicted octanol–water partition coefficient (Wildman–Crippen LogP) is 2.34. The predicted molar refractivity (Wildman–Crippen MR) is 85.1 cm³/mol. The maximum atomic E-state index is 12.9. The van der Waals surface area contributed by atoms with Gasteiger partial charge < -0.3 is 14.8 Å². The maximum absolute atomic E-state index is 12.9. The van der Waals surface area contributed by atoms with Gasteiger partial charge in [-0.3, -0.25) is 4.79 Å². The summed E-state index contributed by atoms with van der Waals surface area (Å²) in [7, 11) is 1.22. The normalized spacial score (nSPS) is 11.8. The molecule has 0 radical (unpaired) electrons. The van der Waals surface area contributed by atoms with Crippen LogP contribution in [0.1, 0.15) is 30.6 Å². The van der Waals surface area contributed by atoms with Crippen LogP contribution in [0.3, 0.4) is 0 Å². The molecule has 0 saturated heterocycles. The molecule has 1 amide bonds. The molecule has 0 aromatic heterocycles. The van der Waals surface area contributed by atoms with E-state index in [9.17, 15) is 18.8 Å². The van der Waals surface area contributed by atoms with Crippen molar-refractivity contribution >= 4 is 29.4 Å².